The van der Waals surface area contributed by atoms with Crippen LogP contribution in [0, 0.1) is 6.92 Å². The molecule has 1 amide bonds. The molecular formula is C21H22N2O7. The molecule has 1 N–H and O–H groups in total. The highest BCUT2D eigenvalue weighted by Gasteiger charge is 2.15. The maximum Gasteiger partial charge on any atom is 0.347 e. The zero-order valence-electron chi connectivity index (χ0n) is 16.9. The van der Waals surface area contributed by atoms with Gasteiger partial charge in [0.25, 0.3) is 5.91 Å². The molecule has 158 valence electrons. The minimum Gasteiger partial charge on any atom is -0.495 e. The molecule has 0 aromatic heterocycles. The van der Waals surface area contributed by atoms with Gasteiger partial charge in [0.1, 0.15) is 5.75 Å². The second-order valence-corrected chi connectivity index (χ2v) is 6.43. The highest BCUT2D eigenvalue weighted by atomic mass is 16.7. The largest absolute Gasteiger partial charge is 0.495 e. The third-order valence-electron chi connectivity index (χ3n) is 4.17. The monoisotopic (exact) mass is 414 g/mol. The minimum absolute atomic E-state index is 0.182. The number of benzene rings is 2. The van der Waals surface area contributed by atoms with Crippen molar-refractivity contribution in [2.45, 2.75) is 13.8 Å². The van der Waals surface area contributed by atoms with Crippen molar-refractivity contribution in [3.8, 4) is 17.2 Å². The smallest absolute Gasteiger partial charge is 0.347 e. The Kier molecular flexibility index (Phi) is 6.74. The lowest BCUT2D eigenvalue weighted by Gasteiger charge is -2.11. The topological polar surface area (TPSA) is 105 Å². The van der Waals surface area contributed by atoms with Gasteiger partial charge in [0.05, 0.1) is 18.5 Å². The molecule has 0 aliphatic carbocycles. The summed E-state index contributed by atoms with van der Waals surface area (Å²) in [7, 11) is 1.50. The van der Waals surface area contributed by atoms with Gasteiger partial charge in [0, 0.05) is 5.56 Å². The van der Waals surface area contributed by atoms with Crippen molar-refractivity contribution < 1.29 is 33.4 Å². The highest BCUT2D eigenvalue weighted by molar-refractivity contribution is 5.99. The van der Waals surface area contributed by atoms with Gasteiger partial charge in [0.15, 0.2) is 18.1 Å². The van der Waals surface area contributed by atoms with Gasteiger partial charge in [-0.15, -0.1) is 0 Å². The molecule has 0 radical (unpaired) electrons. The maximum atomic E-state index is 12.0. The van der Waals surface area contributed by atoms with Crippen LogP contribution in [0.4, 0.5) is 5.69 Å². The lowest BCUT2D eigenvalue weighted by atomic mass is 10.1. The zero-order chi connectivity index (χ0) is 21.5. The molecule has 30 heavy (non-hydrogen) atoms. The number of fused-ring (bicyclic) bond motifs is 1. The summed E-state index contributed by atoms with van der Waals surface area (Å²) >= 11 is 0. The number of amides is 1. The predicted molar refractivity (Wildman–Crippen MR) is 108 cm³/mol. The Hall–Kier alpha value is -3.75. The number of anilines is 1. The van der Waals surface area contributed by atoms with Crippen molar-refractivity contribution >= 4 is 23.3 Å². The average Bonchev–Trinajstić information content (AvgIpc) is 3.20. The molecule has 0 fully saturated rings. The molecule has 0 spiro atoms. The first-order valence-electron chi connectivity index (χ1n) is 9.13. The van der Waals surface area contributed by atoms with E-state index in [1.807, 2.05) is 13.0 Å². The fraction of sp³-hybridized carbons (Fsp3) is 0.286. The van der Waals surface area contributed by atoms with E-state index < -0.39 is 25.1 Å². The van der Waals surface area contributed by atoms with Gasteiger partial charge < -0.3 is 29.1 Å². The van der Waals surface area contributed by atoms with Gasteiger partial charge in [-0.3, -0.25) is 4.79 Å². The first kappa shape index (κ1) is 21.0. The van der Waals surface area contributed by atoms with Crippen molar-refractivity contribution in [1.82, 2.24) is 0 Å². The molecule has 0 saturated heterocycles. The summed E-state index contributed by atoms with van der Waals surface area (Å²) < 4.78 is 20.7. The van der Waals surface area contributed by atoms with Crippen LogP contribution in [0.5, 0.6) is 17.2 Å². The van der Waals surface area contributed by atoms with Crippen LogP contribution in [0.3, 0.4) is 0 Å². The molecule has 9 heteroatoms. The van der Waals surface area contributed by atoms with Gasteiger partial charge in [-0.05, 0) is 49.7 Å². The van der Waals surface area contributed by atoms with Crippen molar-refractivity contribution in [3.63, 3.8) is 0 Å². The van der Waals surface area contributed by atoms with Gasteiger partial charge in [-0.1, -0.05) is 11.2 Å². The minimum atomic E-state index is -0.719. The number of hydrogen-bond acceptors (Lipinski definition) is 8. The molecule has 0 unspecified atom stereocenters. The van der Waals surface area contributed by atoms with Crippen LogP contribution >= 0.6 is 0 Å². The number of esters is 1. The molecule has 1 aliphatic heterocycles. The van der Waals surface area contributed by atoms with E-state index in [4.69, 9.17) is 23.8 Å². The number of aryl methyl sites for hydroxylation is 1. The lowest BCUT2D eigenvalue weighted by molar-refractivity contribution is -0.151. The summed E-state index contributed by atoms with van der Waals surface area (Å²) in [5.41, 5.74) is 2.76. The molecular weight excluding hydrogens is 392 g/mol. The second-order valence-electron chi connectivity index (χ2n) is 6.43. The predicted octanol–water partition coefficient (Wildman–Crippen LogP) is 2.65. The standard InChI is InChI=1S/C21H22N2O7/c1-13-4-6-17(26-3)16(8-13)22-20(24)10-27-21(25)11-30-23-14(2)15-5-7-18-19(9-15)29-12-28-18/h4-9H,10-12H2,1-3H3,(H,22,24)/b23-14-. The van der Waals surface area contributed by atoms with E-state index in [1.165, 1.54) is 7.11 Å². The summed E-state index contributed by atoms with van der Waals surface area (Å²) in [5, 5.41) is 6.53. The molecule has 1 aliphatic rings. The first-order valence-corrected chi connectivity index (χ1v) is 9.13. The van der Waals surface area contributed by atoms with Gasteiger partial charge >= 0.3 is 5.97 Å². The van der Waals surface area contributed by atoms with Crippen LogP contribution in [-0.4, -0.2) is 44.7 Å². The summed E-state index contributed by atoms with van der Waals surface area (Å²) in [5.74, 6) is 0.586. The Labute approximate surface area is 173 Å². The van der Waals surface area contributed by atoms with Crippen molar-refractivity contribution in [2.75, 3.05) is 32.4 Å². The quantitative estimate of drug-likeness (QED) is 0.402. The molecule has 1 heterocycles. The van der Waals surface area contributed by atoms with E-state index in [9.17, 15) is 9.59 Å². The number of nitrogens with one attached hydrogen (secondary N) is 1. The SMILES string of the molecule is COc1ccc(C)cc1NC(=O)COC(=O)CO/N=C(/C)c1ccc2c(c1)OCO2. The lowest BCUT2D eigenvalue weighted by Crippen LogP contribution is -2.22. The molecule has 2 aromatic carbocycles. The first-order chi connectivity index (χ1) is 14.5. The van der Waals surface area contributed by atoms with Gasteiger partial charge in [-0.2, -0.15) is 0 Å². The van der Waals surface area contributed by atoms with Crippen LogP contribution in [0.25, 0.3) is 0 Å². The van der Waals surface area contributed by atoms with Gasteiger partial charge in [0.2, 0.25) is 13.4 Å². The normalized spacial score (nSPS) is 12.3. The molecule has 9 nitrogen and oxygen atoms in total. The molecule has 0 atom stereocenters. The van der Waals surface area contributed by atoms with E-state index in [-0.39, 0.29) is 6.79 Å². The van der Waals surface area contributed by atoms with Crippen molar-refractivity contribution in [2.24, 2.45) is 5.16 Å². The number of ether oxygens (including phenoxy) is 4. The molecule has 0 bridgehead atoms. The number of oxime groups is 1. The van der Waals surface area contributed by atoms with E-state index in [0.29, 0.717) is 28.6 Å². The number of methoxy groups -OCH3 is 1. The van der Waals surface area contributed by atoms with Crippen LogP contribution in [0.15, 0.2) is 41.6 Å². The third kappa shape index (κ3) is 5.40. The Morgan fingerprint density at radius 3 is 2.70 bits per heavy atom. The van der Waals surface area contributed by atoms with E-state index >= 15 is 0 Å². The van der Waals surface area contributed by atoms with E-state index in [0.717, 1.165) is 11.1 Å². The molecule has 3 rings (SSSR count). The fourth-order valence-corrected chi connectivity index (χ4v) is 2.65. The summed E-state index contributed by atoms with van der Waals surface area (Å²) in [6.45, 7) is 2.92. The Balaban J connectivity index is 1.44. The van der Waals surface area contributed by atoms with Crippen molar-refractivity contribution in [1.29, 1.82) is 0 Å². The zero-order valence-corrected chi connectivity index (χ0v) is 16.9. The number of carbonyl (C=O) groups excluding carboxylic acids is 2. The van der Waals surface area contributed by atoms with Crippen LogP contribution in [-0.2, 0) is 19.2 Å². The van der Waals surface area contributed by atoms with Crippen LogP contribution in [0.1, 0.15) is 18.1 Å². The number of nitrogens with zero attached hydrogens (tertiary/aromatic N) is 1. The Bertz CT molecular complexity index is 972. The van der Waals surface area contributed by atoms with E-state index in [2.05, 4.69) is 10.5 Å². The Morgan fingerprint density at radius 2 is 1.90 bits per heavy atom. The second kappa shape index (κ2) is 9.64. The molecule has 0 saturated carbocycles. The summed E-state index contributed by atoms with van der Waals surface area (Å²) in [6, 6.07) is 10.7. The third-order valence-corrected chi connectivity index (χ3v) is 4.17. The van der Waals surface area contributed by atoms with Crippen LogP contribution in [0.2, 0.25) is 0 Å². The average molecular weight is 414 g/mol. The number of hydrogen-bond donors (Lipinski definition) is 1. The number of carbonyl (C=O) groups is 2. The van der Waals surface area contributed by atoms with E-state index in [1.54, 1.807) is 37.3 Å². The fourth-order valence-electron chi connectivity index (χ4n) is 2.65. The summed E-state index contributed by atoms with van der Waals surface area (Å²) in [4.78, 5) is 28.8. The maximum absolute atomic E-state index is 12.0. The molecule has 2 aromatic rings. The Morgan fingerprint density at radius 1 is 1.10 bits per heavy atom. The van der Waals surface area contributed by atoms with Crippen LogP contribution < -0.4 is 19.5 Å². The van der Waals surface area contributed by atoms with Gasteiger partial charge in [-0.25, -0.2) is 4.79 Å². The highest BCUT2D eigenvalue weighted by Crippen LogP contribution is 2.32. The van der Waals surface area contributed by atoms with Crippen molar-refractivity contribution in [3.05, 3.63) is 47.5 Å². The number of rotatable bonds is 8. The summed E-state index contributed by atoms with van der Waals surface area (Å²) in [6.07, 6.45) is 0.